The van der Waals surface area contributed by atoms with Crippen molar-refractivity contribution < 1.29 is 18.0 Å². The molecule has 152 valence electrons. The van der Waals surface area contributed by atoms with E-state index in [1.807, 2.05) is 18.7 Å². The lowest BCUT2D eigenvalue weighted by atomic mass is 10.1. The SMILES string of the molecule is CC(=O)c1cccc(NC(=O)c2ccc3c(c2)S(=O)(=O)N=C(C)N3CC(C)C)c1. The number of fused-ring (bicyclic) bond motifs is 1. The lowest BCUT2D eigenvalue weighted by Gasteiger charge is -2.30. The molecule has 2 aromatic rings. The Hall–Kier alpha value is -3.00. The van der Waals surface area contributed by atoms with Gasteiger partial charge in [-0.2, -0.15) is 8.42 Å². The monoisotopic (exact) mass is 413 g/mol. The van der Waals surface area contributed by atoms with Crippen molar-refractivity contribution in [2.75, 3.05) is 16.8 Å². The quantitative estimate of drug-likeness (QED) is 0.754. The molecule has 0 bridgehead atoms. The highest BCUT2D eigenvalue weighted by Gasteiger charge is 2.30. The first-order valence-corrected chi connectivity index (χ1v) is 10.7. The summed E-state index contributed by atoms with van der Waals surface area (Å²) in [4.78, 5) is 26.1. The topological polar surface area (TPSA) is 95.9 Å². The van der Waals surface area contributed by atoms with Gasteiger partial charge in [0.2, 0.25) is 0 Å². The number of carbonyl (C=O) groups excluding carboxylic acids is 2. The minimum absolute atomic E-state index is 0.00823. The molecule has 0 spiro atoms. The first-order chi connectivity index (χ1) is 13.6. The van der Waals surface area contributed by atoms with Gasteiger partial charge in [0, 0.05) is 23.4 Å². The van der Waals surface area contributed by atoms with E-state index >= 15 is 0 Å². The highest BCUT2D eigenvalue weighted by atomic mass is 32.2. The number of rotatable bonds is 5. The van der Waals surface area contributed by atoms with Gasteiger partial charge in [-0.1, -0.05) is 26.0 Å². The number of carbonyl (C=O) groups is 2. The number of benzene rings is 2. The summed E-state index contributed by atoms with van der Waals surface area (Å²) in [5, 5.41) is 2.70. The lowest BCUT2D eigenvalue weighted by molar-refractivity contribution is 0.101. The summed E-state index contributed by atoms with van der Waals surface area (Å²) in [5.74, 6) is 0.125. The molecule has 0 saturated heterocycles. The molecule has 0 saturated carbocycles. The molecule has 8 heteroatoms. The van der Waals surface area contributed by atoms with E-state index in [1.54, 1.807) is 43.3 Å². The van der Waals surface area contributed by atoms with Crippen LogP contribution in [0.2, 0.25) is 0 Å². The summed E-state index contributed by atoms with van der Waals surface area (Å²) in [6, 6.07) is 11.1. The van der Waals surface area contributed by atoms with Crippen molar-refractivity contribution in [2.45, 2.75) is 32.6 Å². The number of amides is 1. The summed E-state index contributed by atoms with van der Waals surface area (Å²) in [7, 11) is -3.89. The first kappa shape index (κ1) is 20.7. The van der Waals surface area contributed by atoms with Gasteiger partial charge < -0.3 is 10.2 Å². The maximum absolute atomic E-state index is 12.7. The average molecular weight is 413 g/mol. The van der Waals surface area contributed by atoms with Crippen LogP contribution < -0.4 is 10.2 Å². The minimum atomic E-state index is -3.89. The van der Waals surface area contributed by atoms with Crippen molar-refractivity contribution in [3.8, 4) is 0 Å². The molecule has 29 heavy (non-hydrogen) atoms. The van der Waals surface area contributed by atoms with Crippen LogP contribution in [0.25, 0.3) is 0 Å². The normalized spacial score (nSPS) is 14.9. The van der Waals surface area contributed by atoms with Crippen LogP contribution in [-0.4, -0.2) is 32.5 Å². The maximum atomic E-state index is 12.7. The molecule has 0 fully saturated rings. The van der Waals surface area contributed by atoms with Gasteiger partial charge >= 0.3 is 0 Å². The van der Waals surface area contributed by atoms with Crippen LogP contribution in [0.1, 0.15) is 48.4 Å². The Kier molecular flexibility index (Phi) is 5.57. The smallest absolute Gasteiger partial charge is 0.286 e. The molecule has 0 aliphatic carbocycles. The van der Waals surface area contributed by atoms with Gasteiger partial charge in [0.15, 0.2) is 5.78 Å². The molecule has 1 aliphatic heterocycles. The van der Waals surface area contributed by atoms with Crippen molar-refractivity contribution >= 4 is 38.9 Å². The van der Waals surface area contributed by atoms with Gasteiger partial charge in [-0.15, -0.1) is 4.40 Å². The van der Waals surface area contributed by atoms with Crippen molar-refractivity contribution in [1.29, 1.82) is 0 Å². The molecule has 7 nitrogen and oxygen atoms in total. The molecule has 0 aromatic heterocycles. The summed E-state index contributed by atoms with van der Waals surface area (Å²) in [6.07, 6.45) is 0. The summed E-state index contributed by atoms with van der Waals surface area (Å²) in [5.41, 5.74) is 1.64. The number of nitrogens with zero attached hydrogens (tertiary/aromatic N) is 2. The Morgan fingerprint density at radius 1 is 1.10 bits per heavy atom. The maximum Gasteiger partial charge on any atom is 0.286 e. The fraction of sp³-hybridized carbons (Fsp3) is 0.286. The molecule has 3 rings (SSSR count). The molecule has 1 heterocycles. The highest BCUT2D eigenvalue weighted by Crippen LogP contribution is 2.33. The first-order valence-electron chi connectivity index (χ1n) is 9.24. The van der Waals surface area contributed by atoms with E-state index < -0.39 is 15.9 Å². The zero-order valence-electron chi connectivity index (χ0n) is 16.8. The number of hydrogen-bond donors (Lipinski definition) is 1. The van der Waals surface area contributed by atoms with Crippen LogP contribution in [0.15, 0.2) is 51.8 Å². The second-order valence-electron chi connectivity index (χ2n) is 7.39. The molecule has 1 N–H and O–H groups in total. The fourth-order valence-corrected chi connectivity index (χ4v) is 4.41. The van der Waals surface area contributed by atoms with Crippen LogP contribution in [0, 0.1) is 5.92 Å². The predicted octanol–water partition coefficient (Wildman–Crippen LogP) is 3.72. The number of sulfonamides is 1. The third-order valence-electron chi connectivity index (χ3n) is 4.51. The van der Waals surface area contributed by atoms with Crippen LogP contribution in [0.3, 0.4) is 0 Å². The van der Waals surface area contributed by atoms with E-state index in [-0.39, 0.29) is 16.2 Å². The standard InChI is InChI=1S/C21H23N3O4S/c1-13(2)12-24-15(4)23-29(27,28)20-11-17(8-9-19(20)24)21(26)22-18-7-5-6-16(10-18)14(3)25/h5-11,13H,12H2,1-4H3,(H,22,26). The molecular weight excluding hydrogens is 390 g/mol. The fourth-order valence-electron chi connectivity index (χ4n) is 3.15. The van der Waals surface area contributed by atoms with E-state index in [1.165, 1.54) is 13.0 Å². The number of ketones is 1. The van der Waals surface area contributed by atoms with Crippen LogP contribution in [0.5, 0.6) is 0 Å². The minimum Gasteiger partial charge on any atom is -0.328 e. The van der Waals surface area contributed by atoms with E-state index in [4.69, 9.17) is 0 Å². The molecular formula is C21H23N3O4S. The number of Topliss-reactive ketones (excluding diaryl/α,β-unsaturated/α-hetero) is 1. The average Bonchev–Trinajstić information content (AvgIpc) is 2.64. The van der Waals surface area contributed by atoms with E-state index in [0.717, 1.165) is 0 Å². The van der Waals surface area contributed by atoms with Crippen molar-refractivity contribution in [2.24, 2.45) is 10.3 Å². The van der Waals surface area contributed by atoms with Crippen molar-refractivity contribution in [3.05, 3.63) is 53.6 Å². The van der Waals surface area contributed by atoms with Gasteiger partial charge in [0.1, 0.15) is 10.7 Å². The molecule has 0 atom stereocenters. The Balaban J connectivity index is 1.95. The van der Waals surface area contributed by atoms with Gasteiger partial charge in [-0.05, 0) is 50.1 Å². The highest BCUT2D eigenvalue weighted by molar-refractivity contribution is 7.90. The largest absolute Gasteiger partial charge is 0.328 e. The number of hydrogen-bond acceptors (Lipinski definition) is 5. The number of amidine groups is 1. The Bertz CT molecular complexity index is 1120. The summed E-state index contributed by atoms with van der Waals surface area (Å²) >= 11 is 0. The van der Waals surface area contributed by atoms with E-state index in [0.29, 0.717) is 35.2 Å². The van der Waals surface area contributed by atoms with Crippen LogP contribution in [0.4, 0.5) is 11.4 Å². The van der Waals surface area contributed by atoms with E-state index in [2.05, 4.69) is 9.71 Å². The molecule has 2 aromatic carbocycles. The number of nitrogens with one attached hydrogen (secondary N) is 1. The zero-order chi connectivity index (χ0) is 21.3. The lowest BCUT2D eigenvalue weighted by Crippen LogP contribution is -2.36. The Morgan fingerprint density at radius 2 is 1.83 bits per heavy atom. The summed E-state index contributed by atoms with van der Waals surface area (Å²) < 4.78 is 29.0. The number of anilines is 2. The van der Waals surface area contributed by atoms with Crippen molar-refractivity contribution in [1.82, 2.24) is 0 Å². The Labute approximate surface area is 170 Å². The third kappa shape index (κ3) is 4.37. The van der Waals surface area contributed by atoms with E-state index in [9.17, 15) is 18.0 Å². The van der Waals surface area contributed by atoms with Crippen LogP contribution >= 0.6 is 0 Å². The Morgan fingerprint density at radius 3 is 2.48 bits per heavy atom. The van der Waals surface area contributed by atoms with Crippen LogP contribution in [-0.2, 0) is 10.0 Å². The second-order valence-corrected chi connectivity index (χ2v) is 8.96. The van der Waals surface area contributed by atoms with Gasteiger partial charge in [0.05, 0.1) is 5.69 Å². The molecule has 1 amide bonds. The third-order valence-corrected chi connectivity index (χ3v) is 5.90. The molecule has 1 aliphatic rings. The second kappa shape index (κ2) is 7.79. The summed E-state index contributed by atoms with van der Waals surface area (Å²) in [6.45, 7) is 7.79. The predicted molar refractivity (Wildman–Crippen MR) is 113 cm³/mol. The van der Waals surface area contributed by atoms with Crippen molar-refractivity contribution in [3.63, 3.8) is 0 Å². The van der Waals surface area contributed by atoms with Gasteiger partial charge in [-0.25, -0.2) is 0 Å². The zero-order valence-corrected chi connectivity index (χ0v) is 17.6. The molecule has 0 unspecified atom stereocenters. The van der Waals surface area contributed by atoms with Gasteiger partial charge in [-0.3, -0.25) is 9.59 Å². The van der Waals surface area contributed by atoms with Gasteiger partial charge in [0.25, 0.3) is 15.9 Å². The molecule has 0 radical (unpaired) electrons.